The minimum Gasteiger partial charge on any atom is -0.481 e. The molecule has 10 heteroatoms. The third-order valence-electron chi connectivity index (χ3n) is 2.44. The fourth-order valence-corrected chi connectivity index (χ4v) is 1.47. The average Bonchev–Trinajstić information content (AvgIpc) is 2.34. The van der Waals surface area contributed by atoms with E-state index >= 15 is 0 Å². The van der Waals surface area contributed by atoms with Gasteiger partial charge in [-0.2, -0.15) is 18.3 Å². The molecule has 0 saturated heterocycles. The highest BCUT2D eigenvalue weighted by Gasteiger charge is 2.37. The highest BCUT2D eigenvalue weighted by molar-refractivity contribution is 5.66. The molecule has 0 bridgehead atoms. The number of aliphatic carboxylic acids is 1. The van der Waals surface area contributed by atoms with E-state index in [4.69, 9.17) is 9.84 Å². The number of nitrogens with zero attached hydrogens (tertiary/aromatic N) is 1. The first-order valence-corrected chi connectivity index (χ1v) is 5.94. The zero-order chi connectivity index (χ0) is 16.0. The standard InChI is InChI=1S/C11H14F3N3O4/c1-6(21-3-2-8(18)19)4-15-7-5-16-17-10(20)9(7)11(12,13)14/h5-6H,2-4H2,1H3,(H,18,19)(H2,15,17,20)/t6-/m0/s1. The monoisotopic (exact) mass is 309 g/mol. The molecule has 0 radical (unpaired) electrons. The van der Waals surface area contributed by atoms with Gasteiger partial charge in [-0.3, -0.25) is 9.59 Å². The molecule has 0 aliphatic rings. The maximum atomic E-state index is 12.7. The Morgan fingerprint density at radius 2 is 2.24 bits per heavy atom. The normalized spacial score (nSPS) is 13.0. The number of carbonyl (C=O) groups is 1. The average molecular weight is 309 g/mol. The summed E-state index contributed by atoms with van der Waals surface area (Å²) in [7, 11) is 0. The van der Waals surface area contributed by atoms with Crippen molar-refractivity contribution >= 4 is 11.7 Å². The zero-order valence-corrected chi connectivity index (χ0v) is 11.0. The fourth-order valence-electron chi connectivity index (χ4n) is 1.47. The fraction of sp³-hybridized carbons (Fsp3) is 0.545. The van der Waals surface area contributed by atoms with Gasteiger partial charge in [0.1, 0.15) is 5.56 Å². The second kappa shape index (κ2) is 7.07. The van der Waals surface area contributed by atoms with Crippen LogP contribution in [0.4, 0.5) is 18.9 Å². The van der Waals surface area contributed by atoms with Crippen molar-refractivity contribution in [2.75, 3.05) is 18.5 Å². The van der Waals surface area contributed by atoms with Gasteiger partial charge in [-0.25, -0.2) is 5.10 Å². The maximum Gasteiger partial charge on any atom is 0.423 e. The van der Waals surface area contributed by atoms with E-state index in [0.717, 1.165) is 6.20 Å². The first-order valence-electron chi connectivity index (χ1n) is 5.94. The summed E-state index contributed by atoms with van der Waals surface area (Å²) in [5.74, 6) is -1.03. The van der Waals surface area contributed by atoms with E-state index in [1.165, 1.54) is 0 Å². The minimum absolute atomic E-state index is 0.0339. The van der Waals surface area contributed by atoms with E-state index in [2.05, 4.69) is 10.4 Å². The first-order chi connectivity index (χ1) is 9.71. The predicted molar refractivity (Wildman–Crippen MR) is 66.0 cm³/mol. The largest absolute Gasteiger partial charge is 0.481 e. The summed E-state index contributed by atoms with van der Waals surface area (Å²) < 4.78 is 43.3. The number of alkyl halides is 3. The van der Waals surface area contributed by atoms with Gasteiger partial charge in [-0.15, -0.1) is 0 Å². The molecule has 1 aromatic heterocycles. The SMILES string of the molecule is C[C@@H](CNc1cn[nH]c(=O)c1C(F)(F)F)OCCC(=O)O. The van der Waals surface area contributed by atoms with Crippen molar-refractivity contribution in [2.45, 2.75) is 25.6 Å². The van der Waals surface area contributed by atoms with Crippen LogP contribution in [-0.2, 0) is 15.7 Å². The second-order valence-corrected chi connectivity index (χ2v) is 4.19. The number of aromatic amines is 1. The number of ether oxygens (including phenoxy) is 1. The third kappa shape index (κ3) is 5.42. The lowest BCUT2D eigenvalue weighted by Crippen LogP contribution is -2.27. The van der Waals surface area contributed by atoms with Gasteiger partial charge < -0.3 is 15.2 Å². The van der Waals surface area contributed by atoms with Crippen molar-refractivity contribution in [3.05, 3.63) is 22.1 Å². The summed E-state index contributed by atoms with van der Waals surface area (Å²) >= 11 is 0. The molecule has 0 aromatic carbocycles. The van der Waals surface area contributed by atoms with E-state index < -0.39 is 35.1 Å². The number of H-pyrrole nitrogens is 1. The van der Waals surface area contributed by atoms with Crippen molar-refractivity contribution < 1.29 is 27.8 Å². The van der Waals surface area contributed by atoms with Crippen LogP contribution in [0, 0.1) is 0 Å². The number of aromatic nitrogens is 2. The first kappa shape index (κ1) is 17.0. The van der Waals surface area contributed by atoms with Crippen LogP contribution in [0.3, 0.4) is 0 Å². The summed E-state index contributed by atoms with van der Waals surface area (Å²) in [6.45, 7) is 1.47. The quantitative estimate of drug-likeness (QED) is 0.696. The number of halogens is 3. The molecule has 7 nitrogen and oxygen atoms in total. The van der Waals surface area contributed by atoms with Crippen LogP contribution in [0.1, 0.15) is 18.9 Å². The van der Waals surface area contributed by atoms with Gasteiger partial charge in [0.05, 0.1) is 31.0 Å². The van der Waals surface area contributed by atoms with E-state index in [1.54, 1.807) is 12.0 Å². The Labute approximate surface area is 117 Å². The Hall–Kier alpha value is -2.10. The molecular weight excluding hydrogens is 295 g/mol. The van der Waals surface area contributed by atoms with Gasteiger partial charge in [0, 0.05) is 6.54 Å². The van der Waals surface area contributed by atoms with Gasteiger partial charge in [-0.05, 0) is 6.92 Å². The number of hydrogen-bond donors (Lipinski definition) is 3. The number of nitrogens with one attached hydrogen (secondary N) is 2. The molecule has 1 heterocycles. The maximum absolute atomic E-state index is 12.7. The number of carboxylic acids is 1. The van der Waals surface area contributed by atoms with Gasteiger partial charge in [0.25, 0.3) is 5.56 Å². The molecule has 21 heavy (non-hydrogen) atoms. The smallest absolute Gasteiger partial charge is 0.423 e. The van der Waals surface area contributed by atoms with Gasteiger partial charge in [0.15, 0.2) is 0 Å². The minimum atomic E-state index is -4.81. The van der Waals surface area contributed by atoms with Crippen molar-refractivity contribution in [1.29, 1.82) is 0 Å². The molecule has 1 rings (SSSR count). The van der Waals surface area contributed by atoms with E-state index in [0.29, 0.717) is 0 Å². The lowest BCUT2D eigenvalue weighted by Gasteiger charge is -2.16. The number of carboxylic acid groups (broad SMARTS) is 1. The molecule has 0 fully saturated rings. The molecule has 0 aliphatic heterocycles. The van der Waals surface area contributed by atoms with Crippen LogP contribution >= 0.6 is 0 Å². The zero-order valence-electron chi connectivity index (χ0n) is 11.0. The van der Waals surface area contributed by atoms with E-state index in [9.17, 15) is 22.8 Å². The van der Waals surface area contributed by atoms with E-state index in [1.807, 2.05) is 0 Å². The molecule has 0 spiro atoms. The summed E-state index contributed by atoms with van der Waals surface area (Å²) in [5.41, 5.74) is -3.16. The number of hydrogen-bond acceptors (Lipinski definition) is 5. The topological polar surface area (TPSA) is 104 Å². The summed E-state index contributed by atoms with van der Waals surface area (Å²) in [6.07, 6.45) is -4.70. The molecule has 1 aromatic rings. The Morgan fingerprint density at radius 1 is 1.57 bits per heavy atom. The number of rotatable bonds is 7. The highest BCUT2D eigenvalue weighted by Crippen LogP contribution is 2.31. The van der Waals surface area contributed by atoms with Crippen molar-refractivity contribution in [3.8, 4) is 0 Å². The summed E-state index contributed by atoms with van der Waals surface area (Å²) in [6, 6.07) is 0. The highest BCUT2D eigenvalue weighted by atomic mass is 19.4. The lowest BCUT2D eigenvalue weighted by molar-refractivity contribution is -0.139. The third-order valence-corrected chi connectivity index (χ3v) is 2.44. The summed E-state index contributed by atoms with van der Waals surface area (Å²) in [5, 5.41) is 15.9. The van der Waals surface area contributed by atoms with Crippen LogP contribution in [0.25, 0.3) is 0 Å². The Morgan fingerprint density at radius 3 is 2.81 bits per heavy atom. The Balaban J connectivity index is 2.66. The molecule has 0 amide bonds. The van der Waals surface area contributed by atoms with E-state index in [-0.39, 0.29) is 19.6 Å². The van der Waals surface area contributed by atoms with Crippen molar-refractivity contribution in [2.24, 2.45) is 0 Å². The Bertz CT molecular complexity index is 544. The predicted octanol–water partition coefficient (Wildman–Crippen LogP) is 1.08. The summed E-state index contributed by atoms with van der Waals surface area (Å²) in [4.78, 5) is 21.5. The molecule has 0 aliphatic carbocycles. The number of anilines is 1. The van der Waals surface area contributed by atoms with Gasteiger partial charge in [-0.1, -0.05) is 0 Å². The molecular formula is C11H14F3N3O4. The molecule has 0 unspecified atom stereocenters. The Kier molecular flexibility index (Phi) is 5.70. The van der Waals surface area contributed by atoms with Crippen LogP contribution in [-0.4, -0.2) is 40.5 Å². The van der Waals surface area contributed by atoms with Crippen molar-refractivity contribution in [3.63, 3.8) is 0 Å². The molecule has 1 atom stereocenters. The van der Waals surface area contributed by atoms with Crippen LogP contribution in [0.5, 0.6) is 0 Å². The van der Waals surface area contributed by atoms with Gasteiger partial charge >= 0.3 is 12.1 Å². The molecule has 3 N–H and O–H groups in total. The van der Waals surface area contributed by atoms with Gasteiger partial charge in [0.2, 0.25) is 0 Å². The van der Waals surface area contributed by atoms with Crippen LogP contribution < -0.4 is 10.9 Å². The van der Waals surface area contributed by atoms with Crippen LogP contribution in [0.2, 0.25) is 0 Å². The van der Waals surface area contributed by atoms with Crippen molar-refractivity contribution in [1.82, 2.24) is 10.2 Å². The lowest BCUT2D eigenvalue weighted by atomic mass is 10.2. The molecule has 118 valence electrons. The molecule has 0 saturated carbocycles. The van der Waals surface area contributed by atoms with Crippen LogP contribution in [0.15, 0.2) is 11.0 Å². The second-order valence-electron chi connectivity index (χ2n) is 4.19.